The van der Waals surface area contributed by atoms with Crippen LogP contribution in [0.2, 0.25) is 10.0 Å². The lowest BCUT2D eigenvalue weighted by Gasteiger charge is -2.23. The van der Waals surface area contributed by atoms with E-state index in [9.17, 15) is 26.0 Å². The fraction of sp³-hybridized carbons (Fsp3) is 0.138. The van der Waals surface area contributed by atoms with Gasteiger partial charge in [-0.25, -0.2) is 21.2 Å². The number of amides is 1. The van der Waals surface area contributed by atoms with E-state index in [1.54, 1.807) is 18.2 Å². The van der Waals surface area contributed by atoms with E-state index in [2.05, 4.69) is 5.32 Å². The van der Waals surface area contributed by atoms with Crippen LogP contribution in [0.4, 0.5) is 15.8 Å². The average molecular weight is 649 g/mol. The fourth-order valence-corrected chi connectivity index (χ4v) is 7.69. The van der Waals surface area contributed by atoms with Crippen LogP contribution in [0.5, 0.6) is 0 Å². The predicted molar refractivity (Wildman–Crippen MR) is 160 cm³/mol. The van der Waals surface area contributed by atoms with Crippen molar-refractivity contribution >= 4 is 60.5 Å². The molecule has 0 unspecified atom stereocenters. The first kappa shape index (κ1) is 30.0. The molecule has 1 amide bonds. The molecule has 0 aliphatic carbocycles. The Morgan fingerprint density at radius 3 is 2.12 bits per heavy atom. The molecule has 0 atom stereocenters. The van der Waals surface area contributed by atoms with Gasteiger partial charge in [-0.2, -0.15) is 4.31 Å². The highest BCUT2D eigenvalue weighted by atomic mass is 35.5. The minimum absolute atomic E-state index is 0.0744. The van der Waals surface area contributed by atoms with Gasteiger partial charge in [-0.1, -0.05) is 47.5 Å². The molecule has 1 aliphatic rings. The summed E-state index contributed by atoms with van der Waals surface area (Å²) in [5.41, 5.74) is 1.53. The number of benzene rings is 4. The number of halogens is 3. The minimum Gasteiger partial charge on any atom is -0.325 e. The fourth-order valence-electron chi connectivity index (χ4n) is 4.57. The lowest BCUT2D eigenvalue weighted by molar-refractivity contribution is -0.116. The molecule has 0 bridgehead atoms. The van der Waals surface area contributed by atoms with Crippen LogP contribution in [0.3, 0.4) is 0 Å². The third-order valence-electron chi connectivity index (χ3n) is 6.70. The molecule has 0 radical (unpaired) electrons. The summed E-state index contributed by atoms with van der Waals surface area (Å²) in [6.07, 6.45) is 0.478. The molecule has 1 heterocycles. The van der Waals surface area contributed by atoms with E-state index in [0.29, 0.717) is 22.2 Å². The zero-order chi connectivity index (χ0) is 30.1. The number of rotatable bonds is 9. The van der Waals surface area contributed by atoms with Crippen LogP contribution in [0.25, 0.3) is 0 Å². The Bertz CT molecular complexity index is 1850. The van der Waals surface area contributed by atoms with E-state index in [-0.39, 0.29) is 27.6 Å². The van der Waals surface area contributed by atoms with Gasteiger partial charge in [-0.05, 0) is 78.7 Å². The molecule has 4 aromatic carbocycles. The van der Waals surface area contributed by atoms with E-state index >= 15 is 0 Å². The maximum Gasteiger partial charge on any atom is 0.264 e. The molecule has 5 rings (SSSR count). The Balaban J connectivity index is 1.40. The third kappa shape index (κ3) is 6.30. The Kier molecular flexibility index (Phi) is 8.58. The second kappa shape index (κ2) is 12.0. The normalized spacial score (nSPS) is 13.3. The van der Waals surface area contributed by atoms with Gasteiger partial charge in [0.05, 0.1) is 22.0 Å². The van der Waals surface area contributed by atoms with Crippen LogP contribution < -0.4 is 9.62 Å². The van der Waals surface area contributed by atoms with E-state index < -0.39 is 44.9 Å². The van der Waals surface area contributed by atoms with E-state index in [4.69, 9.17) is 23.2 Å². The Morgan fingerprint density at radius 1 is 0.857 bits per heavy atom. The van der Waals surface area contributed by atoms with Crippen molar-refractivity contribution in [2.24, 2.45) is 0 Å². The van der Waals surface area contributed by atoms with Gasteiger partial charge in [0.2, 0.25) is 15.9 Å². The molecule has 0 saturated carbocycles. The molecule has 0 saturated heterocycles. The molecule has 0 spiro atoms. The second-order valence-electron chi connectivity index (χ2n) is 9.49. The second-order valence-corrected chi connectivity index (χ2v) is 14.2. The molecule has 1 N–H and O–H groups in total. The molecular weight excluding hydrogens is 624 g/mol. The van der Waals surface area contributed by atoms with Gasteiger partial charge in [-0.3, -0.25) is 9.10 Å². The van der Waals surface area contributed by atoms with Crippen molar-refractivity contribution in [3.05, 3.63) is 118 Å². The maximum atomic E-state index is 14.5. The Hall–Kier alpha value is -3.48. The highest BCUT2D eigenvalue weighted by Crippen LogP contribution is 2.35. The molecule has 1 aliphatic heterocycles. The van der Waals surface area contributed by atoms with Crippen LogP contribution in [0, 0.1) is 5.82 Å². The molecule has 0 fully saturated rings. The maximum absolute atomic E-state index is 14.5. The summed E-state index contributed by atoms with van der Waals surface area (Å²) >= 11 is 11.8. The van der Waals surface area contributed by atoms with E-state index in [1.807, 2.05) is 0 Å². The number of carbonyl (C=O) groups excluding carboxylic acids is 1. The van der Waals surface area contributed by atoms with Gasteiger partial charge < -0.3 is 5.32 Å². The highest BCUT2D eigenvalue weighted by Gasteiger charge is 2.32. The van der Waals surface area contributed by atoms with Crippen molar-refractivity contribution in [1.29, 1.82) is 0 Å². The summed E-state index contributed by atoms with van der Waals surface area (Å²) < 4.78 is 70.3. The molecule has 218 valence electrons. The van der Waals surface area contributed by atoms with Crippen LogP contribution in [0.15, 0.2) is 101 Å². The number of nitrogens with zero attached hydrogens (tertiary/aromatic N) is 2. The largest absolute Gasteiger partial charge is 0.325 e. The lowest BCUT2D eigenvalue weighted by Crippen LogP contribution is -2.37. The van der Waals surface area contributed by atoms with Gasteiger partial charge >= 0.3 is 0 Å². The number of fused-ring (bicyclic) bond motifs is 1. The van der Waals surface area contributed by atoms with Crippen molar-refractivity contribution in [3.63, 3.8) is 0 Å². The first-order valence-electron chi connectivity index (χ1n) is 12.7. The number of hydrogen-bond acceptors (Lipinski definition) is 5. The number of sulfonamides is 2. The average Bonchev–Trinajstić information content (AvgIpc) is 3.38. The first-order valence-corrected chi connectivity index (χ1v) is 16.3. The standard InChI is InChI=1S/C29H24Cl2FN3O5S2/c30-22-6-11-25(12-7-22)41(37,38)34(18-21-3-1-2-4-27(21)32)19-29(36)33-24-10-5-20-15-16-35(28(20)17-24)42(39,40)26-13-8-23(31)9-14-26/h1-14,17H,15-16,18-19H2,(H,33,36). The van der Waals surface area contributed by atoms with Gasteiger partial charge in [-0.15, -0.1) is 0 Å². The molecular formula is C29H24Cl2FN3O5S2. The monoisotopic (exact) mass is 647 g/mol. The van der Waals surface area contributed by atoms with Gasteiger partial charge in [0.15, 0.2) is 0 Å². The topological polar surface area (TPSA) is 104 Å². The third-order valence-corrected chi connectivity index (χ3v) is 10.8. The molecule has 8 nitrogen and oxygen atoms in total. The quantitative estimate of drug-likeness (QED) is 0.250. The summed E-state index contributed by atoms with van der Waals surface area (Å²) in [6.45, 7) is -0.820. The van der Waals surface area contributed by atoms with Crippen LogP contribution >= 0.6 is 23.2 Å². The summed E-state index contributed by atoms with van der Waals surface area (Å²) in [7, 11) is -8.14. The van der Waals surface area contributed by atoms with Crippen molar-refractivity contribution in [2.75, 3.05) is 22.7 Å². The smallest absolute Gasteiger partial charge is 0.264 e. The van der Waals surface area contributed by atoms with Crippen LogP contribution in [-0.4, -0.2) is 40.1 Å². The summed E-state index contributed by atoms with van der Waals surface area (Å²) in [6, 6.07) is 21.8. The summed E-state index contributed by atoms with van der Waals surface area (Å²) in [5.74, 6) is -1.32. The molecule has 0 aromatic heterocycles. The Morgan fingerprint density at radius 2 is 1.48 bits per heavy atom. The van der Waals surface area contributed by atoms with Gasteiger partial charge in [0.25, 0.3) is 10.0 Å². The minimum atomic E-state index is -4.24. The van der Waals surface area contributed by atoms with Crippen LogP contribution in [0.1, 0.15) is 11.1 Å². The van der Waals surface area contributed by atoms with E-state index in [1.165, 1.54) is 77.1 Å². The number of nitrogens with one attached hydrogen (secondary N) is 1. The zero-order valence-corrected chi connectivity index (χ0v) is 25.0. The number of carbonyl (C=O) groups is 1. The first-order chi connectivity index (χ1) is 19.9. The van der Waals surface area contributed by atoms with Crippen molar-refractivity contribution < 1.29 is 26.0 Å². The Labute approximate surface area is 253 Å². The molecule has 13 heteroatoms. The summed E-state index contributed by atoms with van der Waals surface area (Å²) in [4.78, 5) is 13.1. The number of anilines is 2. The number of hydrogen-bond donors (Lipinski definition) is 1. The zero-order valence-electron chi connectivity index (χ0n) is 21.9. The van der Waals surface area contributed by atoms with Crippen LogP contribution in [-0.2, 0) is 37.8 Å². The van der Waals surface area contributed by atoms with Gasteiger partial charge in [0.1, 0.15) is 5.82 Å². The molecule has 42 heavy (non-hydrogen) atoms. The van der Waals surface area contributed by atoms with Crippen molar-refractivity contribution in [3.8, 4) is 0 Å². The lowest BCUT2D eigenvalue weighted by atomic mass is 10.1. The van der Waals surface area contributed by atoms with Gasteiger partial charge in [0, 0.05) is 34.4 Å². The van der Waals surface area contributed by atoms with Crippen molar-refractivity contribution in [2.45, 2.75) is 22.8 Å². The SMILES string of the molecule is O=C(CN(Cc1ccccc1F)S(=O)(=O)c1ccc(Cl)cc1)Nc1ccc2c(c1)N(S(=O)(=O)c1ccc(Cl)cc1)CC2. The molecule has 4 aromatic rings. The highest BCUT2D eigenvalue weighted by molar-refractivity contribution is 7.92. The van der Waals surface area contributed by atoms with E-state index in [0.717, 1.165) is 9.87 Å². The predicted octanol–water partition coefficient (Wildman–Crippen LogP) is 5.71. The van der Waals surface area contributed by atoms with Crippen molar-refractivity contribution in [1.82, 2.24) is 4.31 Å². The summed E-state index contributed by atoms with van der Waals surface area (Å²) in [5, 5.41) is 3.39.